The van der Waals surface area contributed by atoms with E-state index in [1.54, 1.807) is 67.6 Å². The van der Waals surface area contributed by atoms with Gasteiger partial charge in [-0.25, -0.2) is 8.42 Å². The van der Waals surface area contributed by atoms with Crippen molar-refractivity contribution in [2.45, 2.75) is 63.1 Å². The molecule has 212 valence electrons. The van der Waals surface area contributed by atoms with Crippen molar-refractivity contribution < 1.29 is 18.0 Å². The Balaban J connectivity index is 1.67. The first kappa shape index (κ1) is 29.9. The summed E-state index contributed by atoms with van der Waals surface area (Å²) < 4.78 is 28.8. The summed E-state index contributed by atoms with van der Waals surface area (Å²) in [5.74, 6) is -0.789. The molecule has 7 nitrogen and oxygen atoms in total. The van der Waals surface area contributed by atoms with Gasteiger partial charge < -0.3 is 10.2 Å². The standard InChI is InChI=1S/C30H33Cl2N3O4S/c1-21-7-17-28(18-8-21)40(38,39)35(27-15-13-25(32)14-16-27)20-29(36)34(19-23-9-11-24(31)12-10-23)22(2)30(37)33-26-5-3-4-6-26/h7-18,22,26H,3-6,19-20H2,1-2H3,(H,33,37)/t22-/m1/s1. The lowest BCUT2D eigenvalue weighted by Crippen LogP contribution is -2.52. The molecule has 1 saturated carbocycles. The lowest BCUT2D eigenvalue weighted by Gasteiger charge is -2.32. The molecule has 1 aliphatic rings. The zero-order valence-corrected chi connectivity index (χ0v) is 24.8. The summed E-state index contributed by atoms with van der Waals surface area (Å²) in [6, 6.07) is 18.9. The zero-order chi connectivity index (χ0) is 28.9. The van der Waals surface area contributed by atoms with E-state index in [-0.39, 0.29) is 29.1 Å². The molecule has 10 heteroatoms. The van der Waals surface area contributed by atoms with Gasteiger partial charge in [0.15, 0.2) is 0 Å². The van der Waals surface area contributed by atoms with E-state index in [1.807, 2.05) is 6.92 Å². The summed E-state index contributed by atoms with van der Waals surface area (Å²) in [5, 5.41) is 4.04. The second kappa shape index (κ2) is 13.1. The highest BCUT2D eigenvalue weighted by Gasteiger charge is 2.33. The second-order valence-electron chi connectivity index (χ2n) is 10.1. The molecule has 3 aromatic carbocycles. The third kappa shape index (κ3) is 7.36. The van der Waals surface area contributed by atoms with Crippen LogP contribution in [0.15, 0.2) is 77.7 Å². The van der Waals surface area contributed by atoms with Crippen molar-refractivity contribution in [3.63, 3.8) is 0 Å². The van der Waals surface area contributed by atoms with Gasteiger partial charge in [0.25, 0.3) is 10.0 Å². The minimum atomic E-state index is -4.13. The van der Waals surface area contributed by atoms with Gasteiger partial charge in [0.2, 0.25) is 11.8 Å². The molecule has 0 radical (unpaired) electrons. The Morgan fingerprint density at radius 1 is 0.900 bits per heavy atom. The number of sulfonamides is 1. The predicted molar refractivity (Wildman–Crippen MR) is 159 cm³/mol. The maximum atomic E-state index is 14.0. The lowest BCUT2D eigenvalue weighted by molar-refractivity contribution is -0.139. The van der Waals surface area contributed by atoms with Gasteiger partial charge in [-0.15, -0.1) is 0 Å². The molecule has 0 aromatic heterocycles. The van der Waals surface area contributed by atoms with Gasteiger partial charge in [0.1, 0.15) is 12.6 Å². The second-order valence-corrected chi connectivity index (χ2v) is 12.9. The van der Waals surface area contributed by atoms with E-state index in [9.17, 15) is 18.0 Å². The number of amides is 2. The molecule has 0 spiro atoms. The van der Waals surface area contributed by atoms with Crippen LogP contribution in [0.25, 0.3) is 0 Å². The number of nitrogens with zero attached hydrogens (tertiary/aromatic N) is 2. The minimum Gasteiger partial charge on any atom is -0.352 e. The molecule has 0 unspecified atom stereocenters. The summed E-state index contributed by atoms with van der Waals surface area (Å²) in [7, 11) is -4.13. The van der Waals surface area contributed by atoms with E-state index in [2.05, 4.69) is 5.32 Å². The van der Waals surface area contributed by atoms with E-state index >= 15 is 0 Å². The highest BCUT2D eigenvalue weighted by molar-refractivity contribution is 7.92. The van der Waals surface area contributed by atoms with Crippen molar-refractivity contribution in [1.29, 1.82) is 0 Å². The van der Waals surface area contributed by atoms with Gasteiger partial charge in [0, 0.05) is 22.6 Å². The number of anilines is 1. The smallest absolute Gasteiger partial charge is 0.264 e. The van der Waals surface area contributed by atoms with Crippen molar-refractivity contribution in [3.8, 4) is 0 Å². The largest absolute Gasteiger partial charge is 0.352 e. The number of halogens is 2. The van der Waals surface area contributed by atoms with Gasteiger partial charge in [-0.3, -0.25) is 13.9 Å². The molecule has 0 aliphatic heterocycles. The Morgan fingerprint density at radius 3 is 2.02 bits per heavy atom. The number of benzene rings is 3. The average molecular weight is 603 g/mol. The monoisotopic (exact) mass is 601 g/mol. The Hall–Kier alpha value is -3.07. The minimum absolute atomic E-state index is 0.0529. The van der Waals surface area contributed by atoms with Crippen LogP contribution in [-0.2, 0) is 26.2 Å². The molecule has 1 N–H and O–H groups in total. The molecule has 1 fully saturated rings. The fourth-order valence-electron chi connectivity index (χ4n) is 4.73. The van der Waals surface area contributed by atoms with Gasteiger partial charge in [-0.05, 0) is 80.8 Å². The number of aryl methyl sites for hydroxylation is 1. The van der Waals surface area contributed by atoms with Crippen LogP contribution in [0.3, 0.4) is 0 Å². The van der Waals surface area contributed by atoms with E-state index in [0.717, 1.165) is 41.1 Å². The quantitative estimate of drug-likeness (QED) is 0.310. The van der Waals surface area contributed by atoms with E-state index in [0.29, 0.717) is 10.0 Å². The molecule has 0 saturated heterocycles. The van der Waals surface area contributed by atoms with Crippen molar-refractivity contribution >= 4 is 50.7 Å². The fraction of sp³-hybridized carbons (Fsp3) is 0.333. The molecule has 1 atom stereocenters. The van der Waals surface area contributed by atoms with Crippen molar-refractivity contribution in [3.05, 3.63) is 94.0 Å². The van der Waals surface area contributed by atoms with Gasteiger partial charge in [-0.1, -0.05) is 65.9 Å². The summed E-state index contributed by atoms with van der Waals surface area (Å²) in [4.78, 5) is 28.7. The van der Waals surface area contributed by atoms with Crippen LogP contribution in [-0.4, -0.2) is 43.8 Å². The highest BCUT2D eigenvalue weighted by Crippen LogP contribution is 2.26. The number of nitrogens with one attached hydrogen (secondary N) is 1. The molecule has 2 amide bonds. The normalized spacial score (nSPS) is 14.5. The molecule has 40 heavy (non-hydrogen) atoms. The van der Waals surface area contributed by atoms with Gasteiger partial charge >= 0.3 is 0 Å². The maximum absolute atomic E-state index is 14.0. The first-order chi connectivity index (χ1) is 19.0. The average Bonchev–Trinajstić information content (AvgIpc) is 3.44. The fourth-order valence-corrected chi connectivity index (χ4v) is 6.40. The number of carbonyl (C=O) groups is 2. The van der Waals surface area contributed by atoms with Gasteiger partial charge in [-0.2, -0.15) is 0 Å². The van der Waals surface area contributed by atoms with Crippen LogP contribution in [0.5, 0.6) is 0 Å². The van der Waals surface area contributed by atoms with Crippen LogP contribution in [0.1, 0.15) is 43.7 Å². The molecular formula is C30H33Cl2N3O4S. The first-order valence-electron chi connectivity index (χ1n) is 13.2. The summed E-state index contributed by atoms with van der Waals surface area (Å²) in [6.07, 6.45) is 3.92. The number of rotatable bonds is 10. The Morgan fingerprint density at radius 2 is 1.45 bits per heavy atom. The van der Waals surface area contributed by atoms with Crippen LogP contribution < -0.4 is 9.62 Å². The molecule has 3 aromatic rings. The third-order valence-electron chi connectivity index (χ3n) is 7.14. The Bertz CT molecular complexity index is 1420. The predicted octanol–water partition coefficient (Wildman–Crippen LogP) is 5.97. The lowest BCUT2D eigenvalue weighted by atomic mass is 10.1. The van der Waals surface area contributed by atoms with E-state index in [1.165, 1.54) is 17.0 Å². The summed E-state index contributed by atoms with van der Waals surface area (Å²) >= 11 is 12.1. The molecule has 0 bridgehead atoms. The Labute approximate surface area is 246 Å². The first-order valence-corrected chi connectivity index (χ1v) is 15.4. The van der Waals surface area contributed by atoms with Gasteiger partial charge in [0.05, 0.1) is 10.6 Å². The van der Waals surface area contributed by atoms with E-state index in [4.69, 9.17) is 23.2 Å². The zero-order valence-electron chi connectivity index (χ0n) is 22.5. The number of hydrogen-bond donors (Lipinski definition) is 1. The summed E-state index contributed by atoms with van der Waals surface area (Å²) in [5.41, 5.74) is 1.95. The van der Waals surface area contributed by atoms with Crippen LogP contribution >= 0.6 is 23.2 Å². The molecule has 1 aliphatic carbocycles. The third-order valence-corrected chi connectivity index (χ3v) is 9.43. The maximum Gasteiger partial charge on any atom is 0.264 e. The SMILES string of the molecule is Cc1ccc(S(=O)(=O)N(CC(=O)N(Cc2ccc(Cl)cc2)[C@H](C)C(=O)NC2CCCC2)c2ccc(Cl)cc2)cc1. The number of hydrogen-bond acceptors (Lipinski definition) is 4. The summed E-state index contributed by atoms with van der Waals surface area (Å²) in [6.45, 7) is 3.13. The topological polar surface area (TPSA) is 86.8 Å². The van der Waals surface area contributed by atoms with Crippen LogP contribution in [0.2, 0.25) is 10.0 Å². The van der Waals surface area contributed by atoms with Crippen molar-refractivity contribution in [1.82, 2.24) is 10.2 Å². The van der Waals surface area contributed by atoms with Crippen molar-refractivity contribution in [2.75, 3.05) is 10.8 Å². The van der Waals surface area contributed by atoms with Crippen LogP contribution in [0, 0.1) is 6.92 Å². The number of carbonyl (C=O) groups excluding carboxylic acids is 2. The molecular weight excluding hydrogens is 569 g/mol. The van der Waals surface area contributed by atoms with Crippen molar-refractivity contribution in [2.24, 2.45) is 0 Å². The van der Waals surface area contributed by atoms with E-state index < -0.39 is 28.5 Å². The Kier molecular flexibility index (Phi) is 9.77. The molecule has 4 rings (SSSR count). The van der Waals surface area contributed by atoms with Crippen LogP contribution in [0.4, 0.5) is 5.69 Å². The molecule has 0 heterocycles. The highest BCUT2D eigenvalue weighted by atomic mass is 35.5.